The molecule has 4 nitrogen and oxygen atoms in total. The van der Waals surface area contributed by atoms with Gasteiger partial charge in [0, 0.05) is 6.16 Å². The summed E-state index contributed by atoms with van der Waals surface area (Å²) in [5.41, 5.74) is 1.88. The molecule has 0 saturated heterocycles. The van der Waals surface area contributed by atoms with Gasteiger partial charge in [0.2, 0.25) is 0 Å². The van der Waals surface area contributed by atoms with Crippen LogP contribution in [0.2, 0.25) is 0 Å². The summed E-state index contributed by atoms with van der Waals surface area (Å²) >= 11 is 0. The topological polar surface area (TPSA) is 55.8 Å². The van der Waals surface area contributed by atoms with Crippen LogP contribution in [0.1, 0.15) is 61.5 Å². The van der Waals surface area contributed by atoms with Gasteiger partial charge in [-0.2, -0.15) is 0 Å². The first kappa shape index (κ1) is 22.4. The Morgan fingerprint density at radius 3 is 2.52 bits per heavy atom. The molecule has 0 radical (unpaired) electrons. The van der Waals surface area contributed by atoms with Gasteiger partial charge in [-0.25, -0.2) is 4.39 Å². The van der Waals surface area contributed by atoms with E-state index in [1.54, 1.807) is 13.2 Å². The molecule has 0 aromatic heterocycles. The first-order valence-electron chi connectivity index (χ1n) is 11.3. The van der Waals surface area contributed by atoms with Crippen LogP contribution in [0.5, 0.6) is 11.5 Å². The van der Waals surface area contributed by atoms with Gasteiger partial charge in [-0.3, -0.25) is 4.57 Å². The van der Waals surface area contributed by atoms with Crippen molar-refractivity contribution in [3.8, 4) is 11.5 Å². The summed E-state index contributed by atoms with van der Waals surface area (Å²) in [6.45, 7) is 0.654. The van der Waals surface area contributed by atoms with Gasteiger partial charge >= 0.3 is 0 Å². The molecule has 1 N–H and O–H groups in total. The van der Waals surface area contributed by atoms with Gasteiger partial charge in [0.15, 0.2) is 8.03 Å². The monoisotopic (exact) mass is 446 g/mol. The quantitative estimate of drug-likeness (QED) is 0.470. The van der Waals surface area contributed by atoms with Crippen LogP contribution in [0.4, 0.5) is 4.39 Å². The molecule has 2 aliphatic rings. The molecule has 168 valence electrons. The third-order valence-electron chi connectivity index (χ3n) is 6.85. The fourth-order valence-corrected chi connectivity index (χ4v) is 5.84. The van der Waals surface area contributed by atoms with Gasteiger partial charge in [-0.05, 0) is 104 Å². The molecule has 6 heteroatoms. The number of rotatable bonds is 9. The molecule has 2 saturated carbocycles. The molecule has 4 rings (SSSR count). The average Bonchev–Trinajstić information content (AvgIpc) is 3.62. The van der Waals surface area contributed by atoms with E-state index in [-0.39, 0.29) is 17.7 Å². The predicted molar refractivity (Wildman–Crippen MR) is 121 cm³/mol. The largest absolute Gasteiger partial charge is 0.497 e. The van der Waals surface area contributed by atoms with E-state index in [0.29, 0.717) is 30.4 Å². The van der Waals surface area contributed by atoms with E-state index in [1.807, 2.05) is 24.3 Å². The maximum Gasteiger partial charge on any atom is 0.189 e. The maximum absolute atomic E-state index is 14.3. The maximum atomic E-state index is 14.3. The van der Waals surface area contributed by atoms with Crippen molar-refractivity contribution in [2.75, 3.05) is 19.9 Å². The second-order valence-corrected chi connectivity index (χ2v) is 10.2. The third-order valence-corrected chi connectivity index (χ3v) is 7.64. The van der Waals surface area contributed by atoms with Crippen molar-refractivity contribution in [1.29, 1.82) is 0 Å². The highest BCUT2D eigenvalue weighted by atomic mass is 31.1. The highest BCUT2D eigenvalue weighted by Crippen LogP contribution is 2.46. The molecule has 0 bridgehead atoms. The molecule has 0 spiro atoms. The predicted octanol–water partition coefficient (Wildman–Crippen LogP) is 6.15. The van der Waals surface area contributed by atoms with Crippen molar-refractivity contribution in [3.63, 3.8) is 0 Å². The molecule has 0 aliphatic heterocycles. The van der Waals surface area contributed by atoms with Gasteiger partial charge in [0.1, 0.15) is 17.3 Å². The minimum Gasteiger partial charge on any atom is -0.497 e. The second-order valence-electron chi connectivity index (χ2n) is 9.03. The number of ether oxygens (including phenoxy) is 2. The molecule has 2 aliphatic carbocycles. The van der Waals surface area contributed by atoms with Crippen molar-refractivity contribution in [1.82, 2.24) is 0 Å². The van der Waals surface area contributed by atoms with Gasteiger partial charge < -0.3 is 14.4 Å². The Balaban J connectivity index is 1.31. The zero-order valence-corrected chi connectivity index (χ0v) is 19.1. The minimum atomic E-state index is -2.49. The summed E-state index contributed by atoms with van der Waals surface area (Å²) in [6, 6.07) is 13.0. The standard InChI is InChI=1S/C25H32FO4P/c1-29-21-11-12-25(26)23(14-21)18-7-5-17(6-8-18)15-30-22-4-2-3-20(13-22)24(16-31(27)28)19-9-10-19/h2-4,11-14,17-19,24,31H,5-10,15-16H2,1H3,(H,27,28)/t17-,18-,24-/m1/s1. The van der Waals surface area contributed by atoms with Crippen LogP contribution < -0.4 is 9.47 Å². The highest BCUT2D eigenvalue weighted by Gasteiger charge is 2.33. The Labute approximate surface area is 184 Å². The Morgan fingerprint density at radius 2 is 1.84 bits per heavy atom. The SMILES string of the molecule is COc1ccc(F)c([C@H]2CC[C@H](COc3cccc([C@H](C[PH](=O)O)C4CC4)c3)CC2)c1. The average molecular weight is 446 g/mol. The summed E-state index contributed by atoms with van der Waals surface area (Å²) < 4.78 is 37.1. The molecule has 0 heterocycles. The lowest BCUT2D eigenvalue weighted by molar-refractivity contribution is 0.199. The zero-order chi connectivity index (χ0) is 21.8. The van der Waals surface area contributed by atoms with Crippen molar-refractivity contribution >= 4 is 8.03 Å². The molecule has 2 atom stereocenters. The van der Waals surface area contributed by atoms with Crippen molar-refractivity contribution in [2.45, 2.75) is 50.4 Å². The van der Waals surface area contributed by atoms with E-state index >= 15 is 0 Å². The number of halogens is 1. The fourth-order valence-electron chi connectivity index (χ4n) is 4.89. The van der Waals surface area contributed by atoms with Gasteiger partial charge in [-0.15, -0.1) is 0 Å². The van der Waals surface area contributed by atoms with Crippen molar-refractivity contribution in [2.24, 2.45) is 11.8 Å². The molecule has 2 aromatic carbocycles. The van der Waals surface area contributed by atoms with Crippen molar-refractivity contribution < 1.29 is 23.3 Å². The Bertz CT molecular complexity index is 906. The number of methoxy groups -OCH3 is 1. The van der Waals surface area contributed by atoms with E-state index < -0.39 is 8.03 Å². The van der Waals surface area contributed by atoms with Gasteiger partial charge in [0.05, 0.1) is 13.7 Å². The summed E-state index contributed by atoms with van der Waals surface area (Å²) in [7, 11) is -0.879. The summed E-state index contributed by atoms with van der Waals surface area (Å²) in [6.07, 6.45) is 6.57. The molecular formula is C25H32FO4P. The van der Waals surface area contributed by atoms with E-state index in [9.17, 15) is 13.8 Å². The van der Waals surface area contributed by atoms with E-state index in [4.69, 9.17) is 9.47 Å². The van der Waals surface area contributed by atoms with Crippen LogP contribution in [0.25, 0.3) is 0 Å². The van der Waals surface area contributed by atoms with E-state index in [1.165, 1.54) is 6.07 Å². The van der Waals surface area contributed by atoms with Gasteiger partial charge in [0.25, 0.3) is 0 Å². The molecular weight excluding hydrogens is 414 g/mol. The van der Waals surface area contributed by atoms with Crippen LogP contribution >= 0.6 is 8.03 Å². The Kier molecular flexibility index (Phi) is 7.35. The first-order valence-corrected chi connectivity index (χ1v) is 12.9. The molecule has 0 amide bonds. The first-order chi connectivity index (χ1) is 15.0. The lowest BCUT2D eigenvalue weighted by Gasteiger charge is -2.29. The van der Waals surface area contributed by atoms with E-state index in [0.717, 1.165) is 55.4 Å². The minimum absolute atomic E-state index is 0.145. The molecule has 31 heavy (non-hydrogen) atoms. The van der Waals surface area contributed by atoms with Gasteiger partial charge in [-0.1, -0.05) is 12.1 Å². The van der Waals surface area contributed by atoms with Crippen molar-refractivity contribution in [3.05, 3.63) is 59.4 Å². The third kappa shape index (κ3) is 5.90. The zero-order valence-electron chi connectivity index (χ0n) is 18.1. The Morgan fingerprint density at radius 1 is 1.06 bits per heavy atom. The second kappa shape index (κ2) is 10.2. The lowest BCUT2D eigenvalue weighted by Crippen LogP contribution is -2.20. The molecule has 2 aromatic rings. The highest BCUT2D eigenvalue weighted by molar-refractivity contribution is 7.38. The summed E-state index contributed by atoms with van der Waals surface area (Å²) in [5, 5.41) is 0. The number of benzene rings is 2. The van der Waals surface area contributed by atoms with Crippen LogP contribution in [0.3, 0.4) is 0 Å². The Hall–Kier alpha value is -1.84. The van der Waals surface area contributed by atoms with E-state index in [2.05, 4.69) is 6.07 Å². The molecule has 2 fully saturated rings. The smallest absolute Gasteiger partial charge is 0.189 e. The van der Waals surface area contributed by atoms with Crippen LogP contribution in [0.15, 0.2) is 42.5 Å². The summed E-state index contributed by atoms with van der Waals surface area (Å²) in [4.78, 5) is 9.44. The number of hydrogen-bond donors (Lipinski definition) is 1. The fraction of sp³-hybridized carbons (Fsp3) is 0.520. The summed E-state index contributed by atoms with van der Waals surface area (Å²) in [5.74, 6) is 2.78. The van der Waals surface area contributed by atoms with Crippen LogP contribution in [0, 0.1) is 17.7 Å². The lowest BCUT2D eigenvalue weighted by atomic mass is 9.79. The molecule has 1 unspecified atom stereocenters. The number of hydrogen-bond acceptors (Lipinski definition) is 3. The van der Waals surface area contributed by atoms with Crippen LogP contribution in [-0.4, -0.2) is 24.8 Å². The van der Waals surface area contributed by atoms with Crippen LogP contribution in [-0.2, 0) is 4.57 Å². The normalized spacial score (nSPS) is 23.2.